The van der Waals surface area contributed by atoms with Crippen molar-refractivity contribution in [2.75, 3.05) is 32.7 Å². The van der Waals surface area contributed by atoms with E-state index < -0.39 is 5.60 Å². The smallest absolute Gasteiger partial charge is 0.262 e. The lowest BCUT2D eigenvalue weighted by Gasteiger charge is -2.43. The number of aromatic nitrogens is 3. The molecular formula is C34H41N5O3. The van der Waals surface area contributed by atoms with Crippen LogP contribution >= 0.6 is 0 Å². The summed E-state index contributed by atoms with van der Waals surface area (Å²) in [6.45, 7) is 8.47. The van der Waals surface area contributed by atoms with Crippen LogP contribution in [0.1, 0.15) is 44.6 Å². The molecule has 2 aromatic carbocycles. The number of rotatable bonds is 7. The molecule has 1 amide bonds. The van der Waals surface area contributed by atoms with Gasteiger partial charge in [0, 0.05) is 49.9 Å². The lowest BCUT2D eigenvalue weighted by atomic mass is 9.79. The minimum atomic E-state index is -1.07. The molecule has 1 N–H and O–H groups in total. The van der Waals surface area contributed by atoms with Gasteiger partial charge >= 0.3 is 0 Å². The van der Waals surface area contributed by atoms with Gasteiger partial charge in [-0.2, -0.15) is 0 Å². The molecule has 2 atom stereocenters. The van der Waals surface area contributed by atoms with Crippen molar-refractivity contribution in [3.63, 3.8) is 0 Å². The Bertz CT molecular complexity index is 1570. The normalized spacial score (nSPS) is 21.2. The molecule has 220 valence electrons. The van der Waals surface area contributed by atoms with E-state index >= 15 is 0 Å². The summed E-state index contributed by atoms with van der Waals surface area (Å²) in [5, 5.41) is 12.0. The average molecular weight is 568 g/mol. The molecule has 2 aliphatic heterocycles. The molecule has 2 aliphatic rings. The van der Waals surface area contributed by atoms with Crippen LogP contribution in [0.15, 0.2) is 84.0 Å². The lowest BCUT2D eigenvalue weighted by molar-refractivity contribution is -0.142. The van der Waals surface area contributed by atoms with E-state index in [9.17, 15) is 14.7 Å². The van der Waals surface area contributed by atoms with Crippen LogP contribution in [-0.2, 0) is 11.3 Å². The molecular weight excluding hydrogens is 526 g/mol. The minimum Gasteiger partial charge on any atom is -0.388 e. The molecule has 6 rings (SSSR count). The van der Waals surface area contributed by atoms with E-state index in [0.29, 0.717) is 42.9 Å². The summed E-state index contributed by atoms with van der Waals surface area (Å²) in [6, 6.07) is 22.0. The highest BCUT2D eigenvalue weighted by molar-refractivity contribution is 5.80. The summed E-state index contributed by atoms with van der Waals surface area (Å²) in [5.41, 5.74) is 1.52. The summed E-state index contributed by atoms with van der Waals surface area (Å²) < 4.78 is 3.42. The number of nitrogens with zero attached hydrogens (tertiary/aromatic N) is 5. The fourth-order valence-electron chi connectivity index (χ4n) is 6.85. The summed E-state index contributed by atoms with van der Waals surface area (Å²) in [6.07, 6.45) is 5.09. The molecule has 4 aromatic rings. The van der Waals surface area contributed by atoms with E-state index in [1.807, 2.05) is 52.1 Å². The molecule has 2 aromatic heterocycles. The second-order valence-electron chi connectivity index (χ2n) is 12.6. The van der Waals surface area contributed by atoms with Crippen molar-refractivity contribution in [1.29, 1.82) is 0 Å². The molecule has 2 unspecified atom stereocenters. The monoisotopic (exact) mass is 567 g/mol. The van der Waals surface area contributed by atoms with E-state index in [-0.39, 0.29) is 29.8 Å². The van der Waals surface area contributed by atoms with Crippen molar-refractivity contribution in [3.8, 4) is 5.69 Å². The maximum atomic E-state index is 13.9. The number of likely N-dealkylation sites (tertiary alicyclic amines) is 2. The highest BCUT2D eigenvalue weighted by Gasteiger charge is 2.41. The highest BCUT2D eigenvalue weighted by Crippen LogP contribution is 2.35. The van der Waals surface area contributed by atoms with Crippen LogP contribution in [0.5, 0.6) is 0 Å². The Morgan fingerprint density at radius 2 is 1.69 bits per heavy atom. The molecule has 0 radical (unpaired) electrons. The standard InChI is InChI=1S/C34H41N5O3/c1-25(2)21-36-17-13-28(30(22-36)26-9-5-3-6-10-26)32(40)37-19-15-34(42,16-20-37)23-38-24-35-31-29(33(38)41)14-18-39(31)27-11-7-4-8-12-27/h3-12,14,18,24-25,28,30,42H,13,15-17,19-23H2,1-2H3. The molecule has 2 saturated heterocycles. The van der Waals surface area contributed by atoms with E-state index in [2.05, 4.69) is 48.0 Å². The van der Waals surface area contributed by atoms with E-state index in [0.717, 1.165) is 31.7 Å². The molecule has 0 spiro atoms. The quantitative estimate of drug-likeness (QED) is 0.360. The van der Waals surface area contributed by atoms with Crippen molar-refractivity contribution in [2.45, 2.75) is 51.2 Å². The van der Waals surface area contributed by atoms with Crippen molar-refractivity contribution >= 4 is 16.9 Å². The van der Waals surface area contributed by atoms with E-state index in [4.69, 9.17) is 0 Å². The molecule has 4 heterocycles. The van der Waals surface area contributed by atoms with Gasteiger partial charge in [-0.25, -0.2) is 4.98 Å². The first-order chi connectivity index (χ1) is 20.3. The number of fused-ring (bicyclic) bond motifs is 1. The average Bonchev–Trinajstić information content (AvgIpc) is 3.44. The third-order valence-corrected chi connectivity index (χ3v) is 9.04. The van der Waals surface area contributed by atoms with Crippen LogP contribution in [-0.4, -0.2) is 73.3 Å². The lowest BCUT2D eigenvalue weighted by Crippen LogP contribution is -2.53. The Kier molecular flexibility index (Phi) is 8.01. The van der Waals surface area contributed by atoms with Gasteiger partial charge in [0.2, 0.25) is 5.91 Å². The topological polar surface area (TPSA) is 83.6 Å². The first-order valence-electron chi connectivity index (χ1n) is 15.2. The zero-order valence-corrected chi connectivity index (χ0v) is 24.6. The van der Waals surface area contributed by atoms with Crippen LogP contribution in [0, 0.1) is 11.8 Å². The number of hydrogen-bond acceptors (Lipinski definition) is 5. The second-order valence-corrected chi connectivity index (χ2v) is 12.6. The number of aliphatic hydroxyl groups is 1. The highest BCUT2D eigenvalue weighted by atomic mass is 16.3. The molecule has 8 nitrogen and oxygen atoms in total. The summed E-state index contributed by atoms with van der Waals surface area (Å²) in [7, 11) is 0. The van der Waals surface area contributed by atoms with Crippen LogP contribution < -0.4 is 5.56 Å². The van der Waals surface area contributed by atoms with Crippen LogP contribution in [0.4, 0.5) is 0 Å². The van der Waals surface area contributed by atoms with Crippen molar-refractivity contribution in [2.24, 2.45) is 11.8 Å². The largest absolute Gasteiger partial charge is 0.388 e. The molecule has 0 saturated carbocycles. The SMILES string of the molecule is CC(C)CN1CCC(C(=O)N2CCC(O)(Cn3cnc4c(ccn4-c4ccccc4)c3=O)CC2)C(c2ccccc2)C1. The molecule has 42 heavy (non-hydrogen) atoms. The van der Waals surface area contributed by atoms with Crippen LogP contribution in [0.25, 0.3) is 16.7 Å². The van der Waals surface area contributed by atoms with Gasteiger partial charge in [0.05, 0.1) is 17.5 Å². The number of carbonyl (C=O) groups excluding carboxylic acids is 1. The van der Waals surface area contributed by atoms with E-state index in [1.165, 1.54) is 16.5 Å². The third-order valence-electron chi connectivity index (χ3n) is 9.04. The third kappa shape index (κ3) is 5.78. The van der Waals surface area contributed by atoms with Crippen molar-refractivity contribution in [1.82, 2.24) is 23.9 Å². The van der Waals surface area contributed by atoms with Gasteiger partial charge < -0.3 is 19.5 Å². The first-order valence-corrected chi connectivity index (χ1v) is 15.2. The zero-order valence-electron chi connectivity index (χ0n) is 24.6. The van der Waals surface area contributed by atoms with Gasteiger partial charge in [0.15, 0.2) is 5.65 Å². The number of benzene rings is 2. The summed E-state index contributed by atoms with van der Waals surface area (Å²) >= 11 is 0. The summed E-state index contributed by atoms with van der Waals surface area (Å²) in [4.78, 5) is 36.3. The van der Waals surface area contributed by atoms with Crippen LogP contribution in [0.2, 0.25) is 0 Å². The Balaban J connectivity index is 1.14. The molecule has 2 fully saturated rings. The fourth-order valence-corrected chi connectivity index (χ4v) is 6.85. The number of para-hydroxylation sites is 1. The molecule has 0 aliphatic carbocycles. The fraction of sp³-hybridized carbons (Fsp3) is 0.441. The predicted molar refractivity (Wildman–Crippen MR) is 165 cm³/mol. The molecule has 8 heteroatoms. The van der Waals surface area contributed by atoms with Gasteiger partial charge in [-0.1, -0.05) is 62.4 Å². The second kappa shape index (κ2) is 11.9. The molecule has 0 bridgehead atoms. The number of amides is 1. The van der Waals surface area contributed by atoms with Gasteiger partial charge in [0.25, 0.3) is 5.56 Å². The maximum absolute atomic E-state index is 13.9. The Hall–Kier alpha value is -3.75. The van der Waals surface area contributed by atoms with Gasteiger partial charge in [-0.3, -0.25) is 14.2 Å². The Morgan fingerprint density at radius 3 is 2.38 bits per heavy atom. The Morgan fingerprint density at radius 1 is 1.00 bits per heavy atom. The van der Waals surface area contributed by atoms with Gasteiger partial charge in [-0.15, -0.1) is 0 Å². The predicted octanol–water partition coefficient (Wildman–Crippen LogP) is 4.30. The van der Waals surface area contributed by atoms with Crippen molar-refractivity contribution < 1.29 is 9.90 Å². The first kappa shape index (κ1) is 28.4. The number of piperidine rings is 2. The zero-order chi connectivity index (χ0) is 29.3. The van der Waals surface area contributed by atoms with Crippen molar-refractivity contribution in [3.05, 3.63) is 95.2 Å². The van der Waals surface area contributed by atoms with Crippen LogP contribution in [0.3, 0.4) is 0 Å². The number of carbonyl (C=O) groups is 1. The summed E-state index contributed by atoms with van der Waals surface area (Å²) in [5.74, 6) is 0.870. The van der Waals surface area contributed by atoms with Gasteiger partial charge in [-0.05, 0) is 55.5 Å². The minimum absolute atomic E-state index is 0.0649. The van der Waals surface area contributed by atoms with E-state index in [1.54, 1.807) is 6.07 Å². The Labute approximate surface area is 247 Å². The number of hydrogen-bond donors (Lipinski definition) is 1. The maximum Gasteiger partial charge on any atom is 0.262 e. The van der Waals surface area contributed by atoms with Gasteiger partial charge in [0.1, 0.15) is 6.33 Å².